The molecule has 5 nitrogen and oxygen atoms in total. The maximum atomic E-state index is 3.90. The van der Waals surface area contributed by atoms with E-state index < -0.39 is 0 Å². The van der Waals surface area contributed by atoms with Gasteiger partial charge >= 0.3 is 0 Å². The third-order valence-corrected chi connectivity index (χ3v) is 1.72. The smallest absolute Gasteiger partial charge is 0.129 e. The van der Waals surface area contributed by atoms with Crippen molar-refractivity contribution in [2.45, 2.75) is 0 Å². The van der Waals surface area contributed by atoms with Crippen molar-refractivity contribution in [2.75, 3.05) is 0 Å². The largest absolute Gasteiger partial charge is 0.197 e. The number of hydrogen-bond acceptors (Lipinski definition) is 4. The molecule has 12 heavy (non-hydrogen) atoms. The van der Waals surface area contributed by atoms with E-state index in [1.54, 1.807) is 12.4 Å². The third kappa shape index (κ3) is 1.33. The second kappa shape index (κ2) is 2.98. The lowest BCUT2D eigenvalue weighted by Gasteiger charge is -1.92. The van der Waals surface area contributed by atoms with Gasteiger partial charge in [-0.3, -0.25) is 0 Å². The van der Waals surface area contributed by atoms with Crippen molar-refractivity contribution in [3.63, 3.8) is 0 Å². The monoisotopic (exact) mass is 225 g/mol. The fourth-order valence-corrected chi connectivity index (χ4v) is 1.16. The Kier molecular flexibility index (Phi) is 1.83. The minimum Gasteiger partial charge on any atom is -0.197 e. The molecule has 1 N–H and O–H groups in total. The molecule has 0 aliphatic heterocycles. The van der Waals surface area contributed by atoms with Gasteiger partial charge in [0.1, 0.15) is 10.3 Å². The van der Waals surface area contributed by atoms with Crippen LogP contribution in [-0.2, 0) is 0 Å². The van der Waals surface area contributed by atoms with Crippen molar-refractivity contribution >= 4 is 15.9 Å². The molecule has 2 aromatic rings. The summed E-state index contributed by atoms with van der Waals surface area (Å²) in [7, 11) is 0. The van der Waals surface area contributed by atoms with Crippen LogP contribution in [0.25, 0.3) is 11.3 Å². The number of halogens is 1. The van der Waals surface area contributed by atoms with E-state index in [0.717, 1.165) is 11.3 Å². The molecule has 0 unspecified atom stereocenters. The fraction of sp³-hybridized carbons (Fsp3) is 0. The summed E-state index contributed by atoms with van der Waals surface area (Å²) in [5.41, 5.74) is 1.64. The summed E-state index contributed by atoms with van der Waals surface area (Å²) in [5.74, 6) is 0. The van der Waals surface area contributed by atoms with Crippen LogP contribution in [-0.4, -0.2) is 25.6 Å². The molecule has 0 bridgehead atoms. The van der Waals surface area contributed by atoms with Crippen LogP contribution in [0, 0.1) is 0 Å². The summed E-state index contributed by atoms with van der Waals surface area (Å²) in [6, 6.07) is 1.82. The van der Waals surface area contributed by atoms with Crippen LogP contribution in [0.1, 0.15) is 0 Å². The minimum absolute atomic E-state index is 0.683. The molecule has 2 heterocycles. The van der Waals surface area contributed by atoms with Crippen LogP contribution in [0.5, 0.6) is 0 Å². The molecule has 0 atom stereocenters. The molecule has 2 aromatic heterocycles. The molecular weight excluding hydrogens is 222 g/mol. The lowest BCUT2D eigenvalue weighted by Crippen LogP contribution is -1.84. The Morgan fingerprint density at radius 3 is 2.92 bits per heavy atom. The van der Waals surface area contributed by atoms with E-state index >= 15 is 0 Å². The number of aromatic nitrogens is 5. The highest BCUT2D eigenvalue weighted by atomic mass is 79.9. The van der Waals surface area contributed by atoms with Gasteiger partial charge in [-0.1, -0.05) is 0 Å². The zero-order valence-electron chi connectivity index (χ0n) is 5.90. The number of hydrogen-bond donors (Lipinski definition) is 1. The van der Waals surface area contributed by atoms with Crippen molar-refractivity contribution in [3.05, 3.63) is 23.1 Å². The van der Waals surface area contributed by atoms with E-state index in [4.69, 9.17) is 0 Å². The van der Waals surface area contributed by atoms with Gasteiger partial charge in [0, 0.05) is 5.56 Å². The van der Waals surface area contributed by atoms with Crippen molar-refractivity contribution in [2.24, 2.45) is 0 Å². The van der Waals surface area contributed by atoms with Gasteiger partial charge in [-0.2, -0.15) is 20.5 Å². The molecular formula is C6H4BrN5. The predicted octanol–water partition coefficient (Wildman–Crippen LogP) is 1.02. The molecule has 0 aliphatic carbocycles. The summed E-state index contributed by atoms with van der Waals surface area (Å²) in [6.07, 6.45) is 3.26. The molecule has 0 spiro atoms. The van der Waals surface area contributed by atoms with Gasteiger partial charge in [-0.25, -0.2) is 0 Å². The molecule has 0 aromatic carbocycles. The normalized spacial score (nSPS) is 10.1. The Bertz CT molecular complexity index is 371. The maximum Gasteiger partial charge on any atom is 0.129 e. The molecule has 0 amide bonds. The van der Waals surface area contributed by atoms with Crippen LogP contribution in [0.4, 0.5) is 0 Å². The second-order valence-electron chi connectivity index (χ2n) is 2.12. The van der Waals surface area contributed by atoms with Gasteiger partial charge in [0.25, 0.3) is 0 Å². The molecule has 0 aliphatic rings. The summed E-state index contributed by atoms with van der Waals surface area (Å²) in [5, 5.41) is 17.6. The highest BCUT2D eigenvalue weighted by molar-refractivity contribution is 9.10. The third-order valence-electron chi connectivity index (χ3n) is 1.34. The summed E-state index contributed by atoms with van der Waals surface area (Å²) >= 11 is 3.22. The van der Waals surface area contributed by atoms with Crippen LogP contribution < -0.4 is 0 Å². The second-order valence-corrected chi connectivity index (χ2v) is 2.93. The first kappa shape index (κ1) is 7.35. The highest BCUT2D eigenvalue weighted by Gasteiger charge is 2.01. The minimum atomic E-state index is 0.683. The number of nitrogens with zero attached hydrogens (tertiary/aromatic N) is 4. The van der Waals surface area contributed by atoms with E-state index in [1.165, 1.54) is 0 Å². The first-order valence-corrected chi connectivity index (χ1v) is 4.00. The van der Waals surface area contributed by atoms with E-state index in [9.17, 15) is 0 Å². The molecule has 0 saturated heterocycles. The van der Waals surface area contributed by atoms with Crippen molar-refractivity contribution < 1.29 is 0 Å². The summed E-state index contributed by atoms with van der Waals surface area (Å²) < 4.78 is 0.683. The van der Waals surface area contributed by atoms with Crippen molar-refractivity contribution in [1.82, 2.24) is 25.6 Å². The fourth-order valence-electron chi connectivity index (χ4n) is 0.821. The number of rotatable bonds is 1. The molecule has 6 heteroatoms. The van der Waals surface area contributed by atoms with E-state index in [-0.39, 0.29) is 0 Å². The number of nitrogens with one attached hydrogen (secondary N) is 1. The summed E-state index contributed by atoms with van der Waals surface area (Å²) in [6.45, 7) is 0. The quantitative estimate of drug-likeness (QED) is 0.788. The van der Waals surface area contributed by atoms with Gasteiger partial charge in [0.2, 0.25) is 0 Å². The van der Waals surface area contributed by atoms with Gasteiger partial charge in [0.15, 0.2) is 0 Å². The maximum absolute atomic E-state index is 3.90. The van der Waals surface area contributed by atoms with E-state index in [2.05, 4.69) is 41.5 Å². The summed E-state index contributed by atoms with van der Waals surface area (Å²) in [4.78, 5) is 0. The first-order valence-electron chi connectivity index (χ1n) is 3.20. The predicted molar refractivity (Wildman–Crippen MR) is 45.1 cm³/mol. The van der Waals surface area contributed by atoms with Gasteiger partial charge in [-0.05, 0) is 22.0 Å². The standard InChI is InChI=1S/C6H4BrN5/c7-6-1-4(2-8-11-6)5-3-9-12-10-5/h1-3H,(H,9,10,12). The zero-order valence-corrected chi connectivity index (χ0v) is 7.48. The Morgan fingerprint density at radius 1 is 1.33 bits per heavy atom. The van der Waals surface area contributed by atoms with Crippen LogP contribution in [0.3, 0.4) is 0 Å². The SMILES string of the molecule is Brc1cc(-c2cn[nH]n2)cnn1. The Hall–Kier alpha value is -1.30. The Morgan fingerprint density at radius 2 is 2.25 bits per heavy atom. The van der Waals surface area contributed by atoms with Gasteiger partial charge in [0.05, 0.1) is 12.4 Å². The lowest BCUT2D eigenvalue weighted by molar-refractivity contribution is 0.940. The van der Waals surface area contributed by atoms with Crippen LogP contribution in [0.15, 0.2) is 23.1 Å². The average Bonchev–Trinajstić information content (AvgIpc) is 2.56. The van der Waals surface area contributed by atoms with Crippen LogP contribution >= 0.6 is 15.9 Å². The Labute approximate surface area is 76.3 Å². The molecule has 0 radical (unpaired) electrons. The molecule has 2 rings (SSSR count). The van der Waals surface area contributed by atoms with Crippen molar-refractivity contribution in [1.29, 1.82) is 0 Å². The lowest BCUT2D eigenvalue weighted by atomic mass is 10.2. The molecule has 0 saturated carbocycles. The molecule has 0 fully saturated rings. The topological polar surface area (TPSA) is 67.3 Å². The van der Waals surface area contributed by atoms with E-state index in [1.807, 2.05) is 6.07 Å². The Balaban J connectivity index is 2.48. The first-order chi connectivity index (χ1) is 5.86. The molecule has 60 valence electrons. The van der Waals surface area contributed by atoms with E-state index in [0.29, 0.717) is 4.60 Å². The van der Waals surface area contributed by atoms with Crippen LogP contribution in [0.2, 0.25) is 0 Å². The average molecular weight is 226 g/mol. The van der Waals surface area contributed by atoms with Gasteiger partial charge in [-0.15, -0.1) is 5.10 Å². The highest BCUT2D eigenvalue weighted by Crippen LogP contribution is 2.16. The zero-order chi connectivity index (χ0) is 8.39. The number of H-pyrrole nitrogens is 1. The van der Waals surface area contributed by atoms with Crippen molar-refractivity contribution in [3.8, 4) is 11.3 Å². The van der Waals surface area contributed by atoms with Gasteiger partial charge < -0.3 is 0 Å². The number of aromatic amines is 1.